The van der Waals surface area contributed by atoms with Crippen molar-refractivity contribution < 1.29 is 19.2 Å². The first-order valence-electron chi connectivity index (χ1n) is 6.02. The predicted molar refractivity (Wildman–Crippen MR) is 74.0 cm³/mol. The van der Waals surface area contributed by atoms with Crippen molar-refractivity contribution in [2.24, 2.45) is 5.10 Å². The number of hydrazone groups is 1. The van der Waals surface area contributed by atoms with Crippen molar-refractivity contribution in [1.29, 1.82) is 0 Å². The predicted octanol–water partition coefficient (Wildman–Crippen LogP) is 1.57. The highest BCUT2D eigenvalue weighted by molar-refractivity contribution is 5.95. The zero-order valence-corrected chi connectivity index (χ0v) is 11.0. The molecule has 0 aromatic heterocycles. The topological polar surface area (TPSA) is 108 Å². The average molecular weight is 302 g/mol. The molecule has 1 amide bonds. The van der Waals surface area contributed by atoms with Crippen molar-refractivity contribution in [3.8, 4) is 5.75 Å². The monoisotopic (exact) mass is 302 g/mol. The van der Waals surface area contributed by atoms with E-state index in [4.69, 9.17) is 0 Å². The zero-order valence-electron chi connectivity index (χ0n) is 11.0. The summed E-state index contributed by atoms with van der Waals surface area (Å²) < 4.78 is 13.0. The Hall–Kier alpha value is -3.29. The van der Waals surface area contributed by atoms with Gasteiger partial charge in [0.05, 0.1) is 16.7 Å². The summed E-state index contributed by atoms with van der Waals surface area (Å²) in [6, 6.07) is 8.08. The van der Waals surface area contributed by atoms with Crippen LogP contribution in [-0.2, 0) is 0 Å². The molecule has 2 aromatic carbocycles. The summed E-state index contributed by atoms with van der Waals surface area (Å²) in [7, 11) is 0. The highest BCUT2D eigenvalue weighted by Crippen LogP contribution is 2.19. The highest BCUT2D eigenvalue weighted by atomic mass is 19.1. The van der Waals surface area contributed by atoms with Gasteiger partial charge in [-0.25, -0.2) is 9.82 Å². The molecular weight excluding hydrogens is 293 g/mol. The Morgan fingerprint density at radius 2 is 2.05 bits per heavy atom. The zero-order chi connectivity index (χ0) is 16.1. The van der Waals surface area contributed by atoms with Gasteiger partial charge in [-0.2, -0.15) is 5.10 Å². The summed E-state index contributed by atoms with van der Waals surface area (Å²) in [6.07, 6.45) is 0.983. The Kier molecular flexibility index (Phi) is 4.42. The normalized spacial score (nSPS) is 10.6. The van der Waals surface area contributed by atoms with Gasteiger partial charge in [-0.1, -0.05) is 18.2 Å². The minimum Gasteiger partial charge on any atom is -0.872 e. The molecule has 0 spiro atoms. The van der Waals surface area contributed by atoms with Gasteiger partial charge in [0.15, 0.2) is 0 Å². The standard InChI is InChI=1S/C14H10FN3O4/c15-11-3-1-2-9(6-11)14(20)17-16-8-10-7-12(19)4-5-13(10)18(21)22/h1-8,19H,(H,17,20)/p-1/b16-8-. The van der Waals surface area contributed by atoms with Crippen LogP contribution in [0.15, 0.2) is 47.6 Å². The first-order chi connectivity index (χ1) is 10.5. The Balaban J connectivity index is 2.14. The molecule has 2 rings (SSSR count). The van der Waals surface area contributed by atoms with E-state index < -0.39 is 22.4 Å². The largest absolute Gasteiger partial charge is 0.872 e. The van der Waals surface area contributed by atoms with Crippen molar-refractivity contribution >= 4 is 17.8 Å². The molecule has 0 fully saturated rings. The number of benzene rings is 2. The van der Waals surface area contributed by atoms with Crippen molar-refractivity contribution in [3.05, 3.63) is 69.5 Å². The summed E-state index contributed by atoms with van der Waals surface area (Å²) in [6.45, 7) is 0. The molecule has 2 aromatic rings. The molecule has 7 nitrogen and oxygen atoms in total. The third kappa shape index (κ3) is 3.63. The molecule has 0 atom stereocenters. The Labute approximate surface area is 123 Å². The lowest BCUT2D eigenvalue weighted by Crippen LogP contribution is -2.17. The van der Waals surface area contributed by atoms with Crippen LogP contribution in [-0.4, -0.2) is 17.0 Å². The van der Waals surface area contributed by atoms with Gasteiger partial charge in [0.1, 0.15) is 5.82 Å². The number of hydrogen-bond donors (Lipinski definition) is 1. The average Bonchev–Trinajstić information content (AvgIpc) is 2.47. The van der Waals surface area contributed by atoms with E-state index in [1.807, 2.05) is 0 Å². The lowest BCUT2D eigenvalue weighted by molar-refractivity contribution is -0.385. The number of halogens is 1. The SMILES string of the molecule is O=C(N/N=C\c1cc([O-])ccc1[N+](=O)[O-])c1cccc(F)c1. The van der Waals surface area contributed by atoms with Gasteiger partial charge < -0.3 is 5.11 Å². The molecule has 0 aliphatic heterocycles. The van der Waals surface area contributed by atoms with E-state index in [0.717, 1.165) is 30.5 Å². The van der Waals surface area contributed by atoms with E-state index in [1.54, 1.807) is 0 Å². The van der Waals surface area contributed by atoms with Gasteiger partial charge in [-0.3, -0.25) is 14.9 Å². The fraction of sp³-hybridized carbons (Fsp3) is 0. The van der Waals surface area contributed by atoms with E-state index in [1.165, 1.54) is 18.2 Å². The maximum Gasteiger partial charge on any atom is 0.278 e. The van der Waals surface area contributed by atoms with Crippen LogP contribution in [0.25, 0.3) is 0 Å². The summed E-state index contributed by atoms with van der Waals surface area (Å²) in [4.78, 5) is 21.8. The van der Waals surface area contributed by atoms with Crippen LogP contribution >= 0.6 is 0 Å². The van der Waals surface area contributed by atoms with E-state index in [-0.39, 0.29) is 16.8 Å². The molecule has 8 heteroatoms. The quantitative estimate of drug-likeness (QED) is 0.525. The molecule has 0 aliphatic rings. The molecule has 1 N–H and O–H groups in total. The van der Waals surface area contributed by atoms with Gasteiger partial charge in [0.2, 0.25) is 0 Å². The van der Waals surface area contributed by atoms with Crippen molar-refractivity contribution in [2.75, 3.05) is 0 Å². The molecular formula is C14H9FN3O4-. The first kappa shape index (κ1) is 15.1. The van der Waals surface area contributed by atoms with Crippen molar-refractivity contribution in [1.82, 2.24) is 5.43 Å². The third-order valence-corrected chi connectivity index (χ3v) is 2.65. The van der Waals surface area contributed by atoms with Crippen molar-refractivity contribution in [2.45, 2.75) is 0 Å². The summed E-state index contributed by atoms with van der Waals surface area (Å²) >= 11 is 0. The van der Waals surface area contributed by atoms with E-state index in [0.29, 0.717) is 0 Å². The molecule has 22 heavy (non-hydrogen) atoms. The van der Waals surface area contributed by atoms with Crippen molar-refractivity contribution in [3.63, 3.8) is 0 Å². The van der Waals surface area contributed by atoms with E-state index in [9.17, 15) is 24.4 Å². The summed E-state index contributed by atoms with van der Waals surface area (Å²) in [5.41, 5.74) is 1.78. The first-order valence-corrected chi connectivity index (χ1v) is 6.02. The lowest BCUT2D eigenvalue weighted by Gasteiger charge is -2.05. The number of nitro groups is 1. The molecule has 0 bridgehead atoms. The summed E-state index contributed by atoms with van der Waals surface area (Å²) in [5, 5.41) is 25.6. The van der Waals surface area contributed by atoms with Crippen LogP contribution in [0, 0.1) is 15.9 Å². The third-order valence-electron chi connectivity index (χ3n) is 2.65. The van der Waals surface area contributed by atoms with Gasteiger partial charge in [0, 0.05) is 11.6 Å². The summed E-state index contributed by atoms with van der Waals surface area (Å²) in [5.74, 6) is -1.69. The highest BCUT2D eigenvalue weighted by Gasteiger charge is 2.11. The number of amides is 1. The minimum atomic E-state index is -0.684. The maximum absolute atomic E-state index is 13.0. The second kappa shape index (κ2) is 6.44. The molecule has 0 aliphatic carbocycles. The molecule has 0 radical (unpaired) electrons. The number of hydrogen-bond acceptors (Lipinski definition) is 5. The van der Waals surface area contributed by atoms with E-state index >= 15 is 0 Å². The van der Waals surface area contributed by atoms with Gasteiger partial charge in [-0.15, -0.1) is 5.75 Å². The smallest absolute Gasteiger partial charge is 0.278 e. The number of rotatable bonds is 4. The number of carbonyl (C=O) groups excluding carboxylic acids is 1. The van der Waals surface area contributed by atoms with Crippen LogP contribution < -0.4 is 10.5 Å². The molecule has 0 saturated heterocycles. The number of carbonyl (C=O) groups is 1. The van der Waals surface area contributed by atoms with Crippen LogP contribution in [0.1, 0.15) is 15.9 Å². The molecule has 112 valence electrons. The number of nitrogens with one attached hydrogen (secondary N) is 1. The van der Waals surface area contributed by atoms with Crippen LogP contribution in [0.2, 0.25) is 0 Å². The Bertz CT molecular complexity index is 762. The fourth-order valence-electron chi connectivity index (χ4n) is 1.66. The van der Waals surface area contributed by atoms with Gasteiger partial charge in [0.25, 0.3) is 11.6 Å². The van der Waals surface area contributed by atoms with Crippen LogP contribution in [0.5, 0.6) is 5.75 Å². The maximum atomic E-state index is 13.0. The second-order valence-corrected chi connectivity index (χ2v) is 4.19. The molecule has 0 saturated carbocycles. The Morgan fingerprint density at radius 3 is 2.73 bits per heavy atom. The lowest BCUT2D eigenvalue weighted by atomic mass is 10.2. The van der Waals surface area contributed by atoms with Gasteiger partial charge in [-0.05, 0) is 18.2 Å². The fourth-order valence-corrected chi connectivity index (χ4v) is 1.66. The minimum absolute atomic E-state index is 0.0444. The molecule has 0 unspecified atom stereocenters. The van der Waals surface area contributed by atoms with Crippen LogP contribution in [0.4, 0.5) is 10.1 Å². The van der Waals surface area contributed by atoms with E-state index in [2.05, 4.69) is 10.5 Å². The second-order valence-electron chi connectivity index (χ2n) is 4.19. The molecule has 0 heterocycles. The Morgan fingerprint density at radius 1 is 1.27 bits per heavy atom. The number of nitro benzene ring substituents is 1. The number of nitrogens with zero attached hydrogens (tertiary/aromatic N) is 2. The van der Waals surface area contributed by atoms with Gasteiger partial charge >= 0.3 is 0 Å². The van der Waals surface area contributed by atoms with Crippen LogP contribution in [0.3, 0.4) is 0 Å².